The van der Waals surface area contributed by atoms with Crippen LogP contribution in [0.1, 0.15) is 20.7 Å². The molecule has 4 nitrogen and oxygen atoms in total. The van der Waals surface area contributed by atoms with Crippen molar-refractivity contribution in [1.29, 1.82) is 0 Å². The van der Waals surface area contributed by atoms with Crippen molar-refractivity contribution >= 4 is 27.6 Å². The minimum atomic E-state index is -1.56. The summed E-state index contributed by atoms with van der Waals surface area (Å²) in [5.41, 5.74) is 0.712. The molecule has 2 rings (SSSR count). The number of carbonyl (C=O) groups is 2. The number of ketones is 1. The summed E-state index contributed by atoms with van der Waals surface area (Å²) in [6, 6.07) is 14.9. The van der Waals surface area contributed by atoms with Gasteiger partial charge in [0.15, 0.2) is 6.23 Å². The second kappa shape index (κ2) is 6.45. The largest absolute Gasteiger partial charge is 0.367 e. The van der Waals surface area contributed by atoms with E-state index in [0.717, 1.165) is 4.47 Å². The van der Waals surface area contributed by atoms with Crippen LogP contribution in [0.25, 0.3) is 0 Å². The fourth-order valence-electron chi connectivity index (χ4n) is 1.63. The molecule has 2 N–H and O–H groups in total. The van der Waals surface area contributed by atoms with E-state index in [0.29, 0.717) is 11.1 Å². The van der Waals surface area contributed by atoms with Crippen LogP contribution in [-0.4, -0.2) is 23.0 Å². The molecule has 0 bridgehead atoms. The third-order valence-electron chi connectivity index (χ3n) is 2.68. The fourth-order valence-corrected chi connectivity index (χ4v) is 1.90. The van der Waals surface area contributed by atoms with E-state index in [-0.39, 0.29) is 0 Å². The molecule has 0 radical (unpaired) electrons. The molecule has 102 valence electrons. The number of halogens is 1. The molecule has 0 saturated carbocycles. The van der Waals surface area contributed by atoms with Gasteiger partial charge in [0.25, 0.3) is 5.91 Å². The molecule has 0 heterocycles. The normalized spacial score (nSPS) is 11.7. The highest BCUT2D eigenvalue weighted by Gasteiger charge is 2.19. The predicted octanol–water partition coefficient (Wildman–Crippen LogP) is 2.38. The van der Waals surface area contributed by atoms with Gasteiger partial charge in [0.2, 0.25) is 5.78 Å². The molecule has 0 aliphatic heterocycles. The van der Waals surface area contributed by atoms with Crippen molar-refractivity contribution in [3.8, 4) is 0 Å². The van der Waals surface area contributed by atoms with Crippen LogP contribution >= 0.6 is 15.9 Å². The Balaban J connectivity index is 2.04. The van der Waals surface area contributed by atoms with E-state index in [1.54, 1.807) is 54.6 Å². The Hall–Kier alpha value is -1.98. The number of rotatable bonds is 4. The van der Waals surface area contributed by atoms with Gasteiger partial charge in [-0.1, -0.05) is 46.3 Å². The minimum absolute atomic E-state index is 0.344. The van der Waals surface area contributed by atoms with Crippen molar-refractivity contribution in [3.05, 3.63) is 70.2 Å². The molecule has 0 spiro atoms. The second-order valence-electron chi connectivity index (χ2n) is 4.11. The smallest absolute Gasteiger partial charge is 0.253 e. The first-order valence-corrected chi connectivity index (χ1v) is 6.71. The molecule has 2 aromatic carbocycles. The maximum atomic E-state index is 11.9. The van der Waals surface area contributed by atoms with Crippen LogP contribution < -0.4 is 5.32 Å². The van der Waals surface area contributed by atoms with Crippen LogP contribution in [-0.2, 0) is 0 Å². The topological polar surface area (TPSA) is 66.4 Å². The van der Waals surface area contributed by atoms with E-state index in [9.17, 15) is 14.7 Å². The number of hydrogen-bond acceptors (Lipinski definition) is 3. The van der Waals surface area contributed by atoms with Crippen LogP contribution in [0.2, 0.25) is 0 Å². The molecular formula is C15H12BrNO3. The molecule has 0 fully saturated rings. The SMILES string of the molecule is O=C(N[C@@H](O)C(=O)c1ccccc1)c1ccc(Br)cc1. The standard InChI is InChI=1S/C15H12BrNO3/c16-12-8-6-11(7-9-12)14(19)17-15(20)13(18)10-4-2-1-3-5-10/h1-9,15,20H,(H,17,19)/t15-/m0/s1. The minimum Gasteiger partial charge on any atom is -0.367 e. The number of nitrogens with one attached hydrogen (secondary N) is 1. The lowest BCUT2D eigenvalue weighted by molar-refractivity contribution is 0.0607. The summed E-state index contributed by atoms with van der Waals surface area (Å²) in [6.45, 7) is 0. The van der Waals surface area contributed by atoms with Gasteiger partial charge in [0.1, 0.15) is 0 Å². The van der Waals surface area contributed by atoms with E-state index in [1.807, 2.05) is 0 Å². The number of carbonyl (C=O) groups excluding carboxylic acids is 2. The highest BCUT2D eigenvalue weighted by molar-refractivity contribution is 9.10. The maximum absolute atomic E-state index is 11.9. The second-order valence-corrected chi connectivity index (χ2v) is 5.03. The molecule has 0 aliphatic carbocycles. The number of aliphatic hydroxyl groups is 1. The Bertz CT molecular complexity index is 611. The summed E-state index contributed by atoms with van der Waals surface area (Å²) >= 11 is 3.26. The van der Waals surface area contributed by atoms with Crippen molar-refractivity contribution in [2.45, 2.75) is 6.23 Å². The summed E-state index contributed by atoms with van der Waals surface area (Å²) in [5.74, 6) is -1.05. The first kappa shape index (κ1) is 14.4. The molecule has 5 heteroatoms. The quantitative estimate of drug-likeness (QED) is 0.666. The number of hydrogen-bond donors (Lipinski definition) is 2. The number of benzene rings is 2. The monoisotopic (exact) mass is 333 g/mol. The lowest BCUT2D eigenvalue weighted by atomic mass is 10.1. The average molecular weight is 334 g/mol. The van der Waals surface area contributed by atoms with E-state index >= 15 is 0 Å². The van der Waals surface area contributed by atoms with Crippen molar-refractivity contribution in [3.63, 3.8) is 0 Å². The zero-order valence-corrected chi connectivity index (χ0v) is 12.0. The van der Waals surface area contributed by atoms with Crippen molar-refractivity contribution < 1.29 is 14.7 Å². The fraction of sp³-hybridized carbons (Fsp3) is 0.0667. The van der Waals surface area contributed by atoms with Gasteiger partial charge in [-0.2, -0.15) is 0 Å². The van der Waals surface area contributed by atoms with Crippen LogP contribution in [0.5, 0.6) is 0 Å². The lowest BCUT2D eigenvalue weighted by Gasteiger charge is -2.12. The summed E-state index contributed by atoms with van der Waals surface area (Å²) in [4.78, 5) is 23.8. The summed E-state index contributed by atoms with van der Waals surface area (Å²) in [6.07, 6.45) is -1.56. The van der Waals surface area contributed by atoms with Crippen LogP contribution in [0.4, 0.5) is 0 Å². The molecule has 1 amide bonds. The molecule has 20 heavy (non-hydrogen) atoms. The molecule has 1 atom stereocenters. The Kier molecular flexibility index (Phi) is 4.65. The maximum Gasteiger partial charge on any atom is 0.253 e. The Morgan fingerprint density at radius 1 is 0.950 bits per heavy atom. The van der Waals surface area contributed by atoms with Crippen LogP contribution in [0.15, 0.2) is 59.1 Å². The Morgan fingerprint density at radius 2 is 1.55 bits per heavy atom. The highest BCUT2D eigenvalue weighted by atomic mass is 79.9. The van der Waals surface area contributed by atoms with E-state index in [2.05, 4.69) is 21.2 Å². The molecular weight excluding hydrogens is 322 g/mol. The number of Topliss-reactive ketones (excluding diaryl/α,β-unsaturated/α-hetero) is 1. The molecule has 0 unspecified atom stereocenters. The van der Waals surface area contributed by atoms with Gasteiger partial charge < -0.3 is 10.4 Å². The summed E-state index contributed by atoms with van der Waals surface area (Å²) < 4.78 is 0.843. The molecule has 0 aliphatic rings. The van der Waals surface area contributed by atoms with E-state index < -0.39 is 17.9 Å². The van der Waals surface area contributed by atoms with Crippen molar-refractivity contribution in [1.82, 2.24) is 5.32 Å². The first-order chi connectivity index (χ1) is 9.58. The first-order valence-electron chi connectivity index (χ1n) is 5.91. The number of aliphatic hydroxyl groups excluding tert-OH is 1. The van der Waals surface area contributed by atoms with Gasteiger partial charge in [0, 0.05) is 15.6 Å². The molecule has 0 aromatic heterocycles. The summed E-state index contributed by atoms with van der Waals surface area (Å²) in [5, 5.41) is 12.0. The van der Waals surface area contributed by atoms with Crippen molar-refractivity contribution in [2.75, 3.05) is 0 Å². The van der Waals surface area contributed by atoms with E-state index in [1.165, 1.54) is 0 Å². The average Bonchev–Trinajstić information content (AvgIpc) is 2.48. The van der Waals surface area contributed by atoms with Gasteiger partial charge in [-0.25, -0.2) is 0 Å². The summed E-state index contributed by atoms with van der Waals surface area (Å²) in [7, 11) is 0. The van der Waals surface area contributed by atoms with Gasteiger partial charge in [-0.3, -0.25) is 9.59 Å². The number of amides is 1. The van der Waals surface area contributed by atoms with Crippen molar-refractivity contribution in [2.24, 2.45) is 0 Å². The third-order valence-corrected chi connectivity index (χ3v) is 3.21. The predicted molar refractivity (Wildman–Crippen MR) is 78.4 cm³/mol. The lowest BCUT2D eigenvalue weighted by Crippen LogP contribution is -2.40. The Morgan fingerprint density at radius 3 is 2.15 bits per heavy atom. The highest BCUT2D eigenvalue weighted by Crippen LogP contribution is 2.10. The molecule has 0 saturated heterocycles. The van der Waals surface area contributed by atoms with Gasteiger partial charge in [-0.15, -0.1) is 0 Å². The van der Waals surface area contributed by atoms with Crippen LogP contribution in [0.3, 0.4) is 0 Å². The van der Waals surface area contributed by atoms with Gasteiger partial charge in [0.05, 0.1) is 0 Å². The van der Waals surface area contributed by atoms with Gasteiger partial charge in [-0.05, 0) is 24.3 Å². The Labute approximate surface area is 124 Å². The third kappa shape index (κ3) is 3.53. The van der Waals surface area contributed by atoms with E-state index in [4.69, 9.17) is 0 Å². The molecule has 2 aromatic rings. The zero-order valence-electron chi connectivity index (χ0n) is 10.4. The van der Waals surface area contributed by atoms with Gasteiger partial charge >= 0.3 is 0 Å². The zero-order chi connectivity index (χ0) is 14.5. The van der Waals surface area contributed by atoms with Crippen LogP contribution in [0, 0.1) is 0 Å².